The van der Waals surface area contributed by atoms with Crippen molar-refractivity contribution in [1.82, 2.24) is 18.9 Å². The first-order valence-corrected chi connectivity index (χ1v) is 44.7. The number of benzene rings is 8. The Morgan fingerprint density at radius 2 is 0.567 bits per heavy atom. The fourth-order valence-corrected chi connectivity index (χ4v) is 20.7. The summed E-state index contributed by atoms with van der Waals surface area (Å²) in [7, 11) is -16.4. The van der Waals surface area contributed by atoms with Gasteiger partial charge in [0, 0.05) is 99.5 Å². The molecule has 12 rings (SSSR count). The van der Waals surface area contributed by atoms with Crippen molar-refractivity contribution in [3.8, 4) is 0 Å². The topological polar surface area (TPSA) is 382 Å². The molecule has 0 bridgehead atoms. The lowest BCUT2D eigenvalue weighted by Crippen LogP contribution is -2.45. The van der Waals surface area contributed by atoms with Crippen molar-refractivity contribution in [2.45, 2.75) is 171 Å². The number of anilines is 4. The quantitative estimate of drug-likeness (QED) is 0.0249. The van der Waals surface area contributed by atoms with Crippen molar-refractivity contribution < 1.29 is 113 Å². The average Bonchev–Trinajstić information content (AvgIpc) is 0.819. The van der Waals surface area contributed by atoms with E-state index in [-0.39, 0.29) is 97.1 Å². The van der Waals surface area contributed by atoms with Gasteiger partial charge < -0.3 is 41.7 Å². The molecule has 4 aliphatic rings. The Balaban J connectivity index is 0.000000182. The largest absolute Gasteiger partial charge is 0.393 e. The molecule has 4 aliphatic carbocycles. The third-order valence-corrected chi connectivity index (χ3v) is 27.7. The number of hydrogen-bond acceptors (Lipinski definition) is 16. The third-order valence-electron chi connectivity index (χ3n) is 19.0. The van der Waals surface area contributed by atoms with E-state index in [9.17, 15) is 113 Å². The van der Waals surface area contributed by atoms with Crippen molar-refractivity contribution >= 4 is 168 Å². The van der Waals surface area contributed by atoms with Gasteiger partial charge in [0.05, 0.1) is 59.6 Å². The summed E-state index contributed by atoms with van der Waals surface area (Å²) in [6, 6.07) is 18.7. The SMILES string of the molecule is O=C(Nc1cc(F)c(F)c(Cl)c1)c1ccc(Cl)c(S(=O)(=O)NC2CCC(O)CC2)c1.O=C(Nc1cc(F)c(F)c(Cl)c1)c1ccc(Cl)c(S(=O)(=O)NC2CCCC(O)C2)c1.O=C(Nc1cc(F)c(F)c(Cl)c1)c1ccc(Cl)c(S(=O)(=O)NC2CCCCC2O)c1.O=C(Nc1cc(F)c(F)c(F)c1)c1ccc(Cl)c(S(=O)(=O)NC2CCCCC2O)c1. The molecule has 0 saturated heterocycles. The van der Waals surface area contributed by atoms with Crippen LogP contribution in [-0.2, 0) is 40.1 Å². The van der Waals surface area contributed by atoms with Crippen LogP contribution < -0.4 is 40.2 Å². The summed E-state index contributed by atoms with van der Waals surface area (Å²) in [5.74, 6) is -15.3. The number of nitrogens with one attached hydrogen (secondary N) is 8. The van der Waals surface area contributed by atoms with Crippen LogP contribution in [0, 0.1) is 52.4 Å². The molecule has 8 aromatic rings. The maximum absolute atomic E-state index is 13.5. The summed E-state index contributed by atoms with van der Waals surface area (Å²) in [6.45, 7) is 0. The Hall–Kier alpha value is -7.48. The van der Waals surface area contributed by atoms with Gasteiger partial charge in [-0.05, 0) is 168 Å². The Kier molecular flexibility index (Phi) is 33.6. The molecule has 0 aromatic heterocycles. The van der Waals surface area contributed by atoms with Gasteiger partial charge >= 0.3 is 0 Å². The fourth-order valence-electron chi connectivity index (χ4n) is 12.8. The molecule has 44 heteroatoms. The number of amides is 4. The van der Waals surface area contributed by atoms with Gasteiger partial charge in [-0.25, -0.2) is 92.1 Å². The Morgan fingerprint density at radius 1 is 0.292 bits per heavy atom. The molecule has 120 heavy (non-hydrogen) atoms. The predicted octanol–water partition coefficient (Wildman–Crippen LogP) is 15.9. The van der Waals surface area contributed by atoms with Gasteiger partial charge in [0.2, 0.25) is 40.1 Å². The summed E-state index contributed by atoms with van der Waals surface area (Å²) in [6.07, 6.45) is 6.45. The van der Waals surface area contributed by atoms with E-state index in [1.807, 2.05) is 0 Å². The van der Waals surface area contributed by atoms with E-state index in [1.54, 1.807) is 0 Å². The maximum Gasteiger partial charge on any atom is 0.255 e. The van der Waals surface area contributed by atoms with Gasteiger partial charge in [-0.15, -0.1) is 0 Å². The minimum Gasteiger partial charge on any atom is -0.393 e. The summed E-state index contributed by atoms with van der Waals surface area (Å²) in [4.78, 5) is 48.5. The van der Waals surface area contributed by atoms with Crippen molar-refractivity contribution in [2.75, 3.05) is 21.3 Å². The molecule has 24 nitrogen and oxygen atoms in total. The highest BCUT2D eigenvalue weighted by Gasteiger charge is 2.35. The van der Waals surface area contributed by atoms with E-state index in [0.29, 0.717) is 82.8 Å². The molecule has 8 aromatic carbocycles. The number of aliphatic hydroxyl groups is 4. The van der Waals surface area contributed by atoms with Crippen LogP contribution in [0.5, 0.6) is 0 Å². The molecule has 0 radical (unpaired) electrons. The van der Waals surface area contributed by atoms with Crippen LogP contribution in [0.4, 0.5) is 62.3 Å². The lowest BCUT2D eigenvalue weighted by atomic mass is 9.93. The predicted molar refractivity (Wildman–Crippen MR) is 432 cm³/mol. The summed E-state index contributed by atoms with van der Waals surface area (Å²) < 4.78 is 232. The van der Waals surface area contributed by atoms with Crippen LogP contribution in [0.1, 0.15) is 144 Å². The van der Waals surface area contributed by atoms with Crippen LogP contribution >= 0.6 is 81.2 Å². The minimum absolute atomic E-state index is 0.0558. The van der Waals surface area contributed by atoms with Gasteiger partial charge in [0.1, 0.15) is 19.6 Å². The Labute approximate surface area is 717 Å². The normalized spacial score (nSPS) is 19.5. The summed E-state index contributed by atoms with van der Waals surface area (Å²) in [5, 5.41) is 46.5. The lowest BCUT2D eigenvalue weighted by Gasteiger charge is -2.28. The average molecular weight is 1900 g/mol. The van der Waals surface area contributed by atoms with E-state index in [4.69, 9.17) is 81.2 Å². The molecule has 6 unspecified atom stereocenters. The fraction of sp³-hybridized carbons (Fsp3) is 0.316. The van der Waals surface area contributed by atoms with Crippen molar-refractivity contribution in [3.63, 3.8) is 0 Å². The first kappa shape index (κ1) is 96.3. The zero-order valence-corrected chi connectivity index (χ0v) is 70.4. The lowest BCUT2D eigenvalue weighted by molar-refractivity contribution is 0.101. The molecule has 648 valence electrons. The molecule has 0 aliphatic heterocycles. The number of aliphatic hydroxyl groups excluding tert-OH is 4. The summed E-state index contributed by atoms with van der Waals surface area (Å²) in [5.41, 5.74) is -1.01. The smallest absolute Gasteiger partial charge is 0.255 e. The number of sulfonamides is 4. The molecule has 4 saturated carbocycles. The van der Waals surface area contributed by atoms with Gasteiger partial charge in [0.15, 0.2) is 52.4 Å². The molecular formula is C76H72Cl7F9N8O16S4. The van der Waals surface area contributed by atoms with Crippen LogP contribution in [-0.4, -0.2) is 126 Å². The van der Waals surface area contributed by atoms with Crippen LogP contribution in [0.15, 0.2) is 141 Å². The molecule has 4 fully saturated rings. The third kappa shape index (κ3) is 25.8. The highest BCUT2D eigenvalue weighted by Crippen LogP contribution is 2.35. The van der Waals surface area contributed by atoms with E-state index in [1.165, 1.54) is 48.5 Å². The van der Waals surface area contributed by atoms with E-state index < -0.39 is 174 Å². The van der Waals surface area contributed by atoms with Crippen molar-refractivity contribution in [3.05, 3.63) is 231 Å². The molecule has 6 atom stereocenters. The monoisotopic (exact) mass is 1900 g/mol. The standard InChI is InChI=1S/3C19H18Cl2F2N2O4S.C19H18ClF3N2O4S/c20-14-6-1-10(19(27)24-12-8-15(21)18(23)16(22)9-12)7-17(14)30(28,29)25-11-2-4-13(26)5-3-11;20-14-5-4-10(19(27)24-12-8-15(21)18(23)16(22)9-12)6-17(14)30(28,29)25-11-2-1-3-13(26)7-11;2*20-12-6-5-10(19(27)24-11-8-13(21)18(23)14(22)9-11)7-17(12)30(28,29)25-15-3-1-2-4-16(15)26/h1,6-9,11,13,25-26H,2-5H2,(H,24,27);4-6,8-9,11,13,25-26H,1-3,7H2,(H,24,27);2*5-9,15-16,25-26H,1-4H2,(H,24,27). The van der Waals surface area contributed by atoms with Gasteiger partial charge in [0.25, 0.3) is 23.6 Å². The van der Waals surface area contributed by atoms with Crippen molar-refractivity contribution in [1.29, 1.82) is 0 Å². The molecule has 0 heterocycles. The first-order chi connectivity index (χ1) is 56.3. The molecule has 4 amide bonds. The highest BCUT2D eigenvalue weighted by molar-refractivity contribution is 7.90. The van der Waals surface area contributed by atoms with Gasteiger partial charge in [-0.2, -0.15) is 0 Å². The van der Waals surface area contributed by atoms with Gasteiger partial charge in [-0.3, -0.25) is 19.2 Å². The maximum atomic E-state index is 13.5. The number of carbonyl (C=O) groups excluding carboxylic acids is 4. The minimum atomic E-state index is -4.16. The van der Waals surface area contributed by atoms with E-state index in [2.05, 4.69) is 40.2 Å². The molecule has 0 spiro atoms. The Bertz CT molecular complexity index is 5430. The number of halogens is 16. The van der Waals surface area contributed by atoms with E-state index in [0.717, 1.165) is 86.3 Å². The second-order valence-electron chi connectivity index (χ2n) is 27.8. The second kappa shape index (κ2) is 41.8. The zero-order chi connectivity index (χ0) is 88.2. The number of hydrogen-bond donors (Lipinski definition) is 12. The first-order valence-electron chi connectivity index (χ1n) is 36.1. The second-order valence-corrected chi connectivity index (χ2v) is 37.4. The van der Waals surface area contributed by atoms with Crippen LogP contribution in [0.25, 0.3) is 0 Å². The highest BCUT2D eigenvalue weighted by atomic mass is 35.5. The van der Waals surface area contributed by atoms with Gasteiger partial charge in [-0.1, -0.05) is 107 Å². The van der Waals surface area contributed by atoms with Crippen LogP contribution in [0.2, 0.25) is 35.2 Å². The summed E-state index contributed by atoms with van der Waals surface area (Å²) >= 11 is 40.8. The van der Waals surface area contributed by atoms with Crippen LogP contribution in [0.3, 0.4) is 0 Å². The number of carbonyl (C=O) groups is 4. The molecule has 12 N–H and O–H groups in total. The zero-order valence-electron chi connectivity index (χ0n) is 61.8. The Morgan fingerprint density at radius 3 is 0.858 bits per heavy atom. The van der Waals surface area contributed by atoms with E-state index >= 15 is 0 Å². The number of rotatable bonds is 20. The van der Waals surface area contributed by atoms with Crippen molar-refractivity contribution in [2.24, 2.45) is 0 Å². The molecular weight excluding hydrogens is 1830 g/mol.